The zero-order chi connectivity index (χ0) is 14.7. The van der Waals surface area contributed by atoms with Gasteiger partial charge in [-0.15, -0.1) is 5.10 Å². The Balaban J connectivity index is 1.87. The van der Waals surface area contributed by atoms with Crippen molar-refractivity contribution in [2.75, 3.05) is 6.54 Å². The van der Waals surface area contributed by atoms with Crippen LogP contribution in [-0.2, 0) is 6.54 Å². The van der Waals surface area contributed by atoms with E-state index in [-0.39, 0.29) is 11.6 Å². The molecule has 2 aromatic rings. The van der Waals surface area contributed by atoms with E-state index in [2.05, 4.69) is 15.6 Å². The summed E-state index contributed by atoms with van der Waals surface area (Å²) >= 11 is 0. The molecule has 2 aromatic heterocycles. The Morgan fingerprint density at radius 1 is 1.45 bits per heavy atom. The third-order valence-corrected chi connectivity index (χ3v) is 2.67. The first-order valence-electron chi connectivity index (χ1n) is 5.96. The van der Waals surface area contributed by atoms with Gasteiger partial charge < -0.3 is 14.8 Å². The van der Waals surface area contributed by atoms with Gasteiger partial charge in [-0.2, -0.15) is 0 Å². The van der Waals surface area contributed by atoms with E-state index in [1.807, 2.05) is 0 Å². The summed E-state index contributed by atoms with van der Waals surface area (Å²) in [5.74, 6) is -0.133. The van der Waals surface area contributed by atoms with Gasteiger partial charge >= 0.3 is 5.97 Å². The summed E-state index contributed by atoms with van der Waals surface area (Å²) in [5.41, 5.74) is 0.366. The van der Waals surface area contributed by atoms with Crippen molar-refractivity contribution < 1.29 is 19.1 Å². The van der Waals surface area contributed by atoms with Crippen LogP contribution in [0, 0.1) is 13.8 Å². The molecule has 0 radical (unpaired) electrons. The molecule has 0 aromatic carbocycles. The first-order chi connectivity index (χ1) is 9.47. The second-order valence-corrected chi connectivity index (χ2v) is 4.25. The van der Waals surface area contributed by atoms with Gasteiger partial charge in [0.2, 0.25) is 0 Å². The maximum absolute atomic E-state index is 11.9. The van der Waals surface area contributed by atoms with Gasteiger partial charge in [0, 0.05) is 6.54 Å². The summed E-state index contributed by atoms with van der Waals surface area (Å²) in [6.07, 6.45) is 1.31. The smallest absolute Gasteiger partial charge is 0.358 e. The molecule has 8 heteroatoms. The van der Waals surface area contributed by atoms with Crippen molar-refractivity contribution in [2.24, 2.45) is 0 Å². The predicted molar refractivity (Wildman–Crippen MR) is 67.5 cm³/mol. The lowest BCUT2D eigenvalue weighted by atomic mass is 10.2. The van der Waals surface area contributed by atoms with E-state index < -0.39 is 5.97 Å². The number of rotatable bonds is 5. The fourth-order valence-electron chi connectivity index (χ4n) is 1.74. The van der Waals surface area contributed by atoms with Crippen LogP contribution >= 0.6 is 0 Å². The average molecular weight is 278 g/mol. The molecule has 0 unspecified atom stereocenters. The van der Waals surface area contributed by atoms with E-state index in [4.69, 9.17) is 9.52 Å². The number of carboxylic acid groups (broad SMARTS) is 1. The van der Waals surface area contributed by atoms with E-state index >= 15 is 0 Å². The molecule has 106 valence electrons. The van der Waals surface area contributed by atoms with Crippen LogP contribution in [0.25, 0.3) is 0 Å². The van der Waals surface area contributed by atoms with Gasteiger partial charge in [0.25, 0.3) is 5.91 Å². The van der Waals surface area contributed by atoms with E-state index in [0.29, 0.717) is 30.2 Å². The number of aromatic carboxylic acids is 1. The van der Waals surface area contributed by atoms with Gasteiger partial charge in [-0.3, -0.25) is 4.79 Å². The summed E-state index contributed by atoms with van der Waals surface area (Å²) in [6.45, 7) is 4.14. The third kappa shape index (κ3) is 3.02. The van der Waals surface area contributed by atoms with Crippen LogP contribution in [0.3, 0.4) is 0 Å². The zero-order valence-corrected chi connectivity index (χ0v) is 11.1. The molecule has 0 saturated heterocycles. The first-order valence-corrected chi connectivity index (χ1v) is 5.96. The maximum atomic E-state index is 11.9. The molecule has 0 aliphatic rings. The lowest BCUT2D eigenvalue weighted by Crippen LogP contribution is -2.27. The van der Waals surface area contributed by atoms with Crippen LogP contribution in [0.4, 0.5) is 0 Å². The number of aromatic nitrogens is 3. The van der Waals surface area contributed by atoms with Crippen molar-refractivity contribution in [3.8, 4) is 0 Å². The number of nitrogens with one attached hydrogen (secondary N) is 1. The predicted octanol–water partition coefficient (Wildman–Crippen LogP) is 0.616. The number of carboxylic acids is 1. The summed E-state index contributed by atoms with van der Waals surface area (Å²) < 4.78 is 6.63. The highest BCUT2D eigenvalue weighted by Gasteiger charge is 2.13. The van der Waals surface area contributed by atoms with Crippen LogP contribution < -0.4 is 5.32 Å². The molecule has 1 amide bonds. The van der Waals surface area contributed by atoms with Crippen LogP contribution in [0.15, 0.2) is 16.7 Å². The average Bonchev–Trinajstić information content (AvgIpc) is 2.96. The lowest BCUT2D eigenvalue weighted by Gasteiger charge is -2.03. The van der Waals surface area contributed by atoms with Crippen molar-refractivity contribution in [2.45, 2.75) is 20.4 Å². The van der Waals surface area contributed by atoms with Crippen molar-refractivity contribution in [1.82, 2.24) is 20.3 Å². The minimum atomic E-state index is -1.13. The molecule has 0 aliphatic carbocycles. The van der Waals surface area contributed by atoms with Crippen molar-refractivity contribution >= 4 is 11.9 Å². The van der Waals surface area contributed by atoms with Gasteiger partial charge in [-0.25, -0.2) is 9.48 Å². The molecule has 0 bridgehead atoms. The number of carbonyl (C=O) groups excluding carboxylic acids is 1. The van der Waals surface area contributed by atoms with Crippen molar-refractivity contribution in [1.29, 1.82) is 0 Å². The van der Waals surface area contributed by atoms with Crippen LogP contribution in [-0.4, -0.2) is 38.5 Å². The fraction of sp³-hybridized carbons (Fsp3) is 0.333. The van der Waals surface area contributed by atoms with Crippen molar-refractivity contribution in [3.63, 3.8) is 0 Å². The largest absolute Gasteiger partial charge is 0.476 e. The zero-order valence-electron chi connectivity index (χ0n) is 11.1. The van der Waals surface area contributed by atoms with Gasteiger partial charge in [0.15, 0.2) is 5.69 Å². The summed E-state index contributed by atoms with van der Waals surface area (Å²) in [5, 5.41) is 18.5. The van der Waals surface area contributed by atoms with Crippen LogP contribution in [0.1, 0.15) is 32.4 Å². The topological polar surface area (TPSA) is 110 Å². The van der Waals surface area contributed by atoms with Gasteiger partial charge in [-0.1, -0.05) is 5.21 Å². The molecule has 0 fully saturated rings. The Bertz CT molecular complexity index is 644. The molecule has 2 N–H and O–H groups in total. The van der Waals surface area contributed by atoms with E-state index in [0.717, 1.165) is 0 Å². The van der Waals surface area contributed by atoms with Crippen LogP contribution in [0.5, 0.6) is 0 Å². The number of carbonyl (C=O) groups is 2. The highest BCUT2D eigenvalue weighted by molar-refractivity contribution is 5.95. The minimum Gasteiger partial charge on any atom is -0.476 e. The van der Waals surface area contributed by atoms with Crippen molar-refractivity contribution in [3.05, 3.63) is 35.0 Å². The molecule has 0 saturated carbocycles. The Labute approximate surface area is 114 Å². The third-order valence-electron chi connectivity index (χ3n) is 2.67. The number of hydrogen-bond donors (Lipinski definition) is 2. The Morgan fingerprint density at radius 2 is 2.20 bits per heavy atom. The standard InChI is InChI=1S/C12H14N4O4/c1-7-5-9(8(2)20-7)11(17)13-3-4-16-6-10(12(18)19)14-15-16/h5-6H,3-4H2,1-2H3,(H,13,17)(H,18,19). The van der Waals surface area contributed by atoms with Gasteiger partial charge in [0.05, 0.1) is 18.3 Å². The summed E-state index contributed by atoms with van der Waals surface area (Å²) in [6, 6.07) is 1.67. The Kier molecular flexibility index (Phi) is 3.83. The Morgan fingerprint density at radius 3 is 2.75 bits per heavy atom. The number of amides is 1. The lowest BCUT2D eigenvalue weighted by molar-refractivity contribution is 0.0690. The minimum absolute atomic E-state index is 0.127. The van der Waals surface area contributed by atoms with E-state index in [1.165, 1.54) is 10.9 Å². The molecular weight excluding hydrogens is 264 g/mol. The molecule has 20 heavy (non-hydrogen) atoms. The van der Waals surface area contributed by atoms with E-state index in [1.54, 1.807) is 19.9 Å². The Hall–Kier alpha value is -2.64. The quantitative estimate of drug-likeness (QED) is 0.829. The fourth-order valence-corrected chi connectivity index (χ4v) is 1.74. The van der Waals surface area contributed by atoms with E-state index in [9.17, 15) is 9.59 Å². The molecule has 0 atom stereocenters. The molecule has 0 spiro atoms. The number of aryl methyl sites for hydroxylation is 2. The molecule has 8 nitrogen and oxygen atoms in total. The molecule has 2 rings (SSSR count). The highest BCUT2D eigenvalue weighted by atomic mass is 16.4. The maximum Gasteiger partial charge on any atom is 0.358 e. The monoisotopic (exact) mass is 278 g/mol. The van der Waals surface area contributed by atoms with Crippen LogP contribution in [0.2, 0.25) is 0 Å². The first kappa shape index (κ1) is 13.8. The van der Waals surface area contributed by atoms with Gasteiger partial charge in [-0.05, 0) is 19.9 Å². The molecule has 0 aliphatic heterocycles. The highest BCUT2D eigenvalue weighted by Crippen LogP contribution is 2.13. The van der Waals surface area contributed by atoms with Gasteiger partial charge in [0.1, 0.15) is 11.5 Å². The number of furan rings is 1. The normalized spacial score (nSPS) is 10.5. The SMILES string of the molecule is Cc1cc(C(=O)NCCn2cc(C(=O)O)nn2)c(C)o1. The summed E-state index contributed by atoms with van der Waals surface area (Å²) in [7, 11) is 0. The second kappa shape index (κ2) is 5.55. The summed E-state index contributed by atoms with van der Waals surface area (Å²) in [4.78, 5) is 22.5. The molecular formula is C12H14N4O4. The second-order valence-electron chi connectivity index (χ2n) is 4.25. The number of nitrogens with zero attached hydrogens (tertiary/aromatic N) is 3. The number of hydrogen-bond acceptors (Lipinski definition) is 5. The molecule has 2 heterocycles.